The molecular formula is C12H16ClFN2. The van der Waals surface area contributed by atoms with Crippen molar-refractivity contribution >= 4 is 11.6 Å². The predicted molar refractivity (Wildman–Crippen MR) is 64.2 cm³/mol. The van der Waals surface area contributed by atoms with E-state index in [1.54, 1.807) is 6.07 Å². The van der Waals surface area contributed by atoms with Gasteiger partial charge in [-0.2, -0.15) is 0 Å². The molecule has 0 spiro atoms. The Morgan fingerprint density at radius 3 is 2.94 bits per heavy atom. The van der Waals surface area contributed by atoms with Crippen LogP contribution in [0.5, 0.6) is 0 Å². The van der Waals surface area contributed by atoms with E-state index in [4.69, 9.17) is 11.6 Å². The Kier molecular flexibility index (Phi) is 3.79. The molecule has 88 valence electrons. The Morgan fingerprint density at radius 2 is 2.31 bits per heavy atom. The van der Waals surface area contributed by atoms with E-state index in [-0.39, 0.29) is 5.82 Å². The Balaban J connectivity index is 2.02. The summed E-state index contributed by atoms with van der Waals surface area (Å²) < 4.78 is 13.1. The van der Waals surface area contributed by atoms with Crippen LogP contribution >= 0.6 is 11.6 Å². The van der Waals surface area contributed by atoms with E-state index in [0.29, 0.717) is 11.1 Å². The van der Waals surface area contributed by atoms with Crippen LogP contribution in [0, 0.1) is 5.82 Å². The number of nitrogens with zero attached hydrogens (tertiary/aromatic N) is 1. The van der Waals surface area contributed by atoms with Gasteiger partial charge in [0, 0.05) is 24.2 Å². The first-order valence-electron chi connectivity index (χ1n) is 5.51. The number of hydrogen-bond acceptors (Lipinski definition) is 2. The maximum atomic E-state index is 13.1. The molecule has 0 aliphatic carbocycles. The van der Waals surface area contributed by atoms with E-state index >= 15 is 0 Å². The maximum Gasteiger partial charge on any atom is 0.125 e. The molecule has 0 amide bonds. The third-order valence-electron chi connectivity index (χ3n) is 3.01. The molecule has 2 rings (SSSR count). The van der Waals surface area contributed by atoms with Gasteiger partial charge >= 0.3 is 0 Å². The van der Waals surface area contributed by atoms with Gasteiger partial charge in [-0.3, -0.25) is 4.90 Å². The maximum absolute atomic E-state index is 13.1. The van der Waals surface area contributed by atoms with Gasteiger partial charge in [-0.05, 0) is 43.8 Å². The fraction of sp³-hybridized carbons (Fsp3) is 0.500. The van der Waals surface area contributed by atoms with E-state index < -0.39 is 0 Å². The lowest BCUT2D eigenvalue weighted by Gasteiger charge is -2.23. The van der Waals surface area contributed by atoms with Crippen molar-refractivity contribution in [2.75, 3.05) is 20.1 Å². The molecule has 1 atom stereocenters. The van der Waals surface area contributed by atoms with Crippen LogP contribution in [0.1, 0.15) is 12.0 Å². The first-order chi connectivity index (χ1) is 7.65. The van der Waals surface area contributed by atoms with Crippen LogP contribution in [0.4, 0.5) is 4.39 Å². The van der Waals surface area contributed by atoms with Crippen LogP contribution in [-0.4, -0.2) is 31.1 Å². The van der Waals surface area contributed by atoms with Crippen LogP contribution in [-0.2, 0) is 6.54 Å². The van der Waals surface area contributed by atoms with E-state index in [1.165, 1.54) is 6.07 Å². The molecule has 1 aromatic rings. The quantitative estimate of drug-likeness (QED) is 0.875. The van der Waals surface area contributed by atoms with E-state index in [2.05, 4.69) is 17.3 Å². The molecule has 1 aliphatic heterocycles. The van der Waals surface area contributed by atoms with Gasteiger partial charge in [0.25, 0.3) is 0 Å². The van der Waals surface area contributed by atoms with Crippen molar-refractivity contribution in [3.8, 4) is 0 Å². The van der Waals surface area contributed by atoms with Crippen molar-refractivity contribution in [3.05, 3.63) is 34.6 Å². The highest BCUT2D eigenvalue weighted by Crippen LogP contribution is 2.17. The molecule has 1 heterocycles. The summed E-state index contributed by atoms with van der Waals surface area (Å²) in [5, 5.41) is 3.79. The smallest absolute Gasteiger partial charge is 0.125 e. The van der Waals surface area contributed by atoms with E-state index in [1.807, 2.05) is 6.07 Å². The van der Waals surface area contributed by atoms with E-state index in [9.17, 15) is 4.39 Å². The van der Waals surface area contributed by atoms with Gasteiger partial charge in [-0.25, -0.2) is 4.39 Å². The van der Waals surface area contributed by atoms with Crippen molar-refractivity contribution in [1.29, 1.82) is 0 Å². The average molecular weight is 243 g/mol. The summed E-state index contributed by atoms with van der Waals surface area (Å²) in [6, 6.07) is 5.25. The van der Waals surface area contributed by atoms with E-state index in [0.717, 1.165) is 31.6 Å². The van der Waals surface area contributed by atoms with Crippen molar-refractivity contribution in [1.82, 2.24) is 10.2 Å². The normalized spacial score (nSPS) is 20.6. The number of likely N-dealkylation sites (N-methyl/N-ethyl adjacent to an activating group) is 1. The molecule has 16 heavy (non-hydrogen) atoms. The number of nitrogens with one attached hydrogen (secondary N) is 1. The molecule has 0 aromatic heterocycles. The second kappa shape index (κ2) is 5.13. The van der Waals surface area contributed by atoms with Crippen LogP contribution in [0.3, 0.4) is 0 Å². The molecule has 0 saturated carbocycles. The van der Waals surface area contributed by atoms with Gasteiger partial charge in [-0.1, -0.05) is 11.6 Å². The van der Waals surface area contributed by atoms with Gasteiger partial charge in [0.05, 0.1) is 0 Å². The minimum Gasteiger partial charge on any atom is -0.315 e. The highest BCUT2D eigenvalue weighted by atomic mass is 35.5. The summed E-state index contributed by atoms with van der Waals surface area (Å²) in [7, 11) is 2.07. The van der Waals surface area contributed by atoms with Crippen LogP contribution < -0.4 is 5.32 Å². The minimum absolute atomic E-state index is 0.263. The number of rotatable bonds is 3. The lowest BCUT2D eigenvalue weighted by molar-refractivity contribution is 0.248. The highest BCUT2D eigenvalue weighted by molar-refractivity contribution is 6.30. The first-order valence-corrected chi connectivity index (χ1v) is 5.89. The average Bonchev–Trinajstić information content (AvgIpc) is 2.68. The fourth-order valence-corrected chi connectivity index (χ4v) is 2.38. The Bertz CT molecular complexity index is 344. The molecule has 1 unspecified atom stereocenters. The second-order valence-corrected chi connectivity index (χ2v) is 4.78. The third kappa shape index (κ3) is 2.94. The van der Waals surface area contributed by atoms with Gasteiger partial charge in [0.15, 0.2) is 0 Å². The summed E-state index contributed by atoms with van der Waals surface area (Å²) in [4.78, 5) is 2.24. The van der Waals surface area contributed by atoms with Crippen LogP contribution in [0.15, 0.2) is 18.2 Å². The molecule has 0 radical (unpaired) electrons. The Labute approximate surface area is 100 Å². The molecule has 1 N–H and O–H groups in total. The lowest BCUT2D eigenvalue weighted by atomic mass is 10.1. The molecule has 1 fully saturated rings. The van der Waals surface area contributed by atoms with Crippen molar-refractivity contribution in [2.24, 2.45) is 0 Å². The minimum atomic E-state index is -0.263. The summed E-state index contributed by atoms with van der Waals surface area (Å²) in [6.45, 7) is 2.82. The number of halogens is 2. The van der Waals surface area contributed by atoms with Crippen molar-refractivity contribution in [2.45, 2.75) is 19.0 Å². The zero-order chi connectivity index (χ0) is 11.5. The van der Waals surface area contributed by atoms with Crippen LogP contribution in [0.25, 0.3) is 0 Å². The predicted octanol–water partition coefficient (Wildman–Crippen LogP) is 2.27. The number of benzene rings is 1. The van der Waals surface area contributed by atoms with Crippen LogP contribution in [0.2, 0.25) is 5.02 Å². The Hall–Kier alpha value is -0.640. The Morgan fingerprint density at radius 1 is 1.50 bits per heavy atom. The standard InChI is InChI=1S/C12H16ClFN2/c1-16(12-2-3-15-7-12)8-9-4-10(13)6-11(14)5-9/h4-6,12,15H,2-3,7-8H2,1H3. The molecule has 4 heteroatoms. The SMILES string of the molecule is CN(Cc1cc(F)cc(Cl)c1)C1CCNC1. The van der Waals surface area contributed by atoms with Crippen molar-refractivity contribution < 1.29 is 4.39 Å². The third-order valence-corrected chi connectivity index (χ3v) is 3.23. The van der Waals surface area contributed by atoms with Gasteiger partial charge in [0.2, 0.25) is 0 Å². The van der Waals surface area contributed by atoms with Crippen molar-refractivity contribution in [3.63, 3.8) is 0 Å². The zero-order valence-electron chi connectivity index (χ0n) is 9.34. The summed E-state index contributed by atoms with van der Waals surface area (Å²) in [5.74, 6) is -0.263. The second-order valence-electron chi connectivity index (χ2n) is 4.34. The summed E-state index contributed by atoms with van der Waals surface area (Å²) in [6.07, 6.45) is 1.15. The molecule has 1 aliphatic rings. The first kappa shape index (κ1) is 11.8. The highest BCUT2D eigenvalue weighted by Gasteiger charge is 2.19. The van der Waals surface area contributed by atoms with Gasteiger partial charge in [-0.15, -0.1) is 0 Å². The molecule has 1 saturated heterocycles. The molecular weight excluding hydrogens is 227 g/mol. The van der Waals surface area contributed by atoms with Gasteiger partial charge < -0.3 is 5.32 Å². The topological polar surface area (TPSA) is 15.3 Å². The number of hydrogen-bond donors (Lipinski definition) is 1. The molecule has 1 aromatic carbocycles. The largest absolute Gasteiger partial charge is 0.315 e. The summed E-state index contributed by atoms with van der Waals surface area (Å²) in [5.41, 5.74) is 0.930. The zero-order valence-corrected chi connectivity index (χ0v) is 10.1. The lowest BCUT2D eigenvalue weighted by Crippen LogP contribution is -2.32. The van der Waals surface area contributed by atoms with Gasteiger partial charge in [0.1, 0.15) is 5.82 Å². The molecule has 2 nitrogen and oxygen atoms in total. The summed E-state index contributed by atoms with van der Waals surface area (Å²) >= 11 is 5.82. The monoisotopic (exact) mass is 242 g/mol. The fourth-order valence-electron chi connectivity index (χ4n) is 2.13. The molecule has 0 bridgehead atoms.